The van der Waals surface area contributed by atoms with Crippen molar-refractivity contribution in [3.05, 3.63) is 60.7 Å². The van der Waals surface area contributed by atoms with E-state index in [4.69, 9.17) is 13.0 Å². The van der Waals surface area contributed by atoms with Crippen LogP contribution < -0.4 is 10.4 Å². The van der Waals surface area contributed by atoms with Crippen molar-refractivity contribution in [3.8, 4) is 0 Å². The van der Waals surface area contributed by atoms with Crippen molar-refractivity contribution in [1.82, 2.24) is 0 Å². The van der Waals surface area contributed by atoms with Crippen LogP contribution in [0.4, 0.5) is 0 Å². The highest BCUT2D eigenvalue weighted by atomic mass is 28.5. The van der Waals surface area contributed by atoms with Crippen LogP contribution in [0.1, 0.15) is 27.7 Å². The van der Waals surface area contributed by atoms with Crippen LogP contribution in [0.2, 0.25) is 13.1 Å². The van der Waals surface area contributed by atoms with Gasteiger partial charge in [-0.05, 0) is 51.2 Å². The Morgan fingerprint density at radius 3 is 1.40 bits per heavy atom. The highest BCUT2D eigenvalue weighted by Crippen LogP contribution is 2.20. The molecule has 0 fully saturated rings. The van der Waals surface area contributed by atoms with Gasteiger partial charge in [0, 0.05) is 12.2 Å². The summed E-state index contributed by atoms with van der Waals surface area (Å²) < 4.78 is 19.6. The summed E-state index contributed by atoms with van der Waals surface area (Å²) in [6, 6.07) is 20.7. The standard InChI is InChI=1S/C20H30O3Si2/c1-17(2)21-24(5,6)23-25(22-18(3)4,19-13-9-7-10-14-19)20-15-11-8-12-16-20/h7-18H,1-6H3. The molecule has 0 bridgehead atoms. The first-order valence-electron chi connectivity index (χ1n) is 8.92. The maximum atomic E-state index is 6.85. The van der Waals surface area contributed by atoms with E-state index in [1.165, 1.54) is 0 Å². The molecular formula is C20H30O3Si2. The maximum absolute atomic E-state index is 6.85. The predicted molar refractivity (Wildman–Crippen MR) is 109 cm³/mol. The molecule has 0 saturated carbocycles. The lowest BCUT2D eigenvalue weighted by Gasteiger charge is -2.39. The van der Waals surface area contributed by atoms with Crippen LogP contribution in [-0.4, -0.2) is 29.3 Å². The van der Waals surface area contributed by atoms with Crippen molar-refractivity contribution in [2.75, 3.05) is 0 Å². The molecule has 0 spiro atoms. The van der Waals surface area contributed by atoms with Crippen molar-refractivity contribution in [3.63, 3.8) is 0 Å². The monoisotopic (exact) mass is 374 g/mol. The van der Waals surface area contributed by atoms with Gasteiger partial charge in [-0.2, -0.15) is 0 Å². The minimum absolute atomic E-state index is 0.0518. The fraction of sp³-hybridized carbons (Fsp3) is 0.400. The fourth-order valence-electron chi connectivity index (χ4n) is 3.03. The molecule has 0 aliphatic rings. The van der Waals surface area contributed by atoms with Crippen LogP contribution in [0, 0.1) is 0 Å². The van der Waals surface area contributed by atoms with E-state index < -0.39 is 17.1 Å². The Bertz CT molecular complexity index is 603. The molecular weight excluding hydrogens is 344 g/mol. The first-order chi connectivity index (χ1) is 11.8. The Labute approximate surface area is 154 Å². The second-order valence-electron chi connectivity index (χ2n) is 7.18. The van der Waals surface area contributed by atoms with Gasteiger partial charge in [-0.1, -0.05) is 60.7 Å². The molecule has 0 heterocycles. The highest BCUT2D eigenvalue weighted by molar-refractivity contribution is 6.97. The van der Waals surface area contributed by atoms with Gasteiger partial charge in [0.15, 0.2) is 0 Å². The number of rotatable bonds is 8. The highest BCUT2D eigenvalue weighted by Gasteiger charge is 2.48. The van der Waals surface area contributed by atoms with Gasteiger partial charge in [-0.15, -0.1) is 0 Å². The molecule has 0 amide bonds. The predicted octanol–water partition coefficient (Wildman–Crippen LogP) is 3.81. The van der Waals surface area contributed by atoms with E-state index in [0.717, 1.165) is 10.4 Å². The third-order valence-electron chi connectivity index (χ3n) is 3.62. The normalized spacial score (nSPS) is 12.8. The van der Waals surface area contributed by atoms with Gasteiger partial charge in [0.2, 0.25) is 0 Å². The summed E-state index contributed by atoms with van der Waals surface area (Å²) in [4.78, 5) is 0. The lowest BCUT2D eigenvalue weighted by molar-refractivity contribution is 0.151. The van der Waals surface area contributed by atoms with Gasteiger partial charge in [-0.25, -0.2) is 0 Å². The molecule has 2 aromatic carbocycles. The van der Waals surface area contributed by atoms with Crippen LogP contribution >= 0.6 is 0 Å². The molecule has 2 aromatic rings. The molecule has 0 atom stereocenters. The number of benzene rings is 2. The zero-order valence-electron chi connectivity index (χ0n) is 16.2. The summed E-state index contributed by atoms with van der Waals surface area (Å²) in [6.07, 6.45) is 0.176. The second kappa shape index (κ2) is 8.42. The van der Waals surface area contributed by atoms with Gasteiger partial charge in [-0.3, -0.25) is 0 Å². The average Bonchev–Trinajstić information content (AvgIpc) is 2.54. The molecule has 0 saturated heterocycles. The van der Waals surface area contributed by atoms with Crippen molar-refractivity contribution < 1.29 is 13.0 Å². The molecule has 25 heavy (non-hydrogen) atoms. The first-order valence-corrected chi connectivity index (χ1v) is 13.6. The summed E-state index contributed by atoms with van der Waals surface area (Å²) in [6.45, 7) is 12.4. The van der Waals surface area contributed by atoms with E-state index >= 15 is 0 Å². The molecule has 3 nitrogen and oxygen atoms in total. The van der Waals surface area contributed by atoms with Crippen LogP contribution in [0.25, 0.3) is 0 Å². The molecule has 0 aliphatic carbocycles. The molecule has 0 radical (unpaired) electrons. The van der Waals surface area contributed by atoms with Gasteiger partial charge >= 0.3 is 17.1 Å². The second-order valence-corrected chi connectivity index (χ2v) is 13.7. The van der Waals surface area contributed by atoms with E-state index in [0.29, 0.717) is 0 Å². The molecule has 2 rings (SSSR count). The van der Waals surface area contributed by atoms with Gasteiger partial charge in [0.25, 0.3) is 0 Å². The smallest absolute Gasteiger partial charge is 0.398 e. The molecule has 0 aliphatic heterocycles. The largest absolute Gasteiger partial charge is 0.408 e. The summed E-state index contributed by atoms with van der Waals surface area (Å²) in [5.41, 5.74) is 0. The van der Waals surface area contributed by atoms with Crippen molar-refractivity contribution in [2.24, 2.45) is 0 Å². The summed E-state index contributed by atoms with van der Waals surface area (Å²) in [7, 11) is -5.27. The molecule has 5 heteroatoms. The van der Waals surface area contributed by atoms with Gasteiger partial charge in [0.05, 0.1) is 0 Å². The van der Waals surface area contributed by atoms with Crippen molar-refractivity contribution >= 4 is 27.5 Å². The summed E-state index contributed by atoms with van der Waals surface area (Å²) in [5.74, 6) is 0. The van der Waals surface area contributed by atoms with E-state index in [-0.39, 0.29) is 12.2 Å². The SMILES string of the molecule is CC(C)O[Si](C)(C)O[Si](OC(C)C)(c1ccccc1)c1ccccc1. The van der Waals surface area contributed by atoms with Crippen LogP contribution in [0.15, 0.2) is 60.7 Å². The van der Waals surface area contributed by atoms with E-state index in [2.05, 4.69) is 65.1 Å². The van der Waals surface area contributed by atoms with E-state index in [1.807, 2.05) is 36.4 Å². The molecule has 0 unspecified atom stereocenters. The third kappa shape index (κ3) is 5.36. The summed E-state index contributed by atoms with van der Waals surface area (Å²) >= 11 is 0. The molecule has 0 aromatic heterocycles. The Morgan fingerprint density at radius 2 is 1.04 bits per heavy atom. The van der Waals surface area contributed by atoms with Gasteiger partial charge < -0.3 is 13.0 Å². The third-order valence-corrected chi connectivity index (χ3v) is 10.8. The number of hydrogen-bond donors (Lipinski definition) is 0. The average molecular weight is 375 g/mol. The Morgan fingerprint density at radius 1 is 0.640 bits per heavy atom. The minimum atomic E-state index is -2.88. The quantitative estimate of drug-likeness (QED) is 0.658. The van der Waals surface area contributed by atoms with Gasteiger partial charge in [0.1, 0.15) is 0 Å². The van der Waals surface area contributed by atoms with Crippen molar-refractivity contribution in [2.45, 2.75) is 53.0 Å². The molecule has 0 N–H and O–H groups in total. The minimum Gasteiger partial charge on any atom is -0.408 e. The first kappa shape index (κ1) is 20.1. The zero-order valence-corrected chi connectivity index (χ0v) is 18.2. The Kier molecular flexibility index (Phi) is 6.76. The number of hydrogen-bond acceptors (Lipinski definition) is 3. The van der Waals surface area contributed by atoms with E-state index in [9.17, 15) is 0 Å². The topological polar surface area (TPSA) is 27.7 Å². The fourth-order valence-corrected chi connectivity index (χ4v) is 10.8. The maximum Gasteiger partial charge on any atom is 0.398 e. The Hall–Kier alpha value is -1.25. The van der Waals surface area contributed by atoms with Crippen molar-refractivity contribution in [1.29, 1.82) is 0 Å². The van der Waals surface area contributed by atoms with Crippen LogP contribution in [0.5, 0.6) is 0 Å². The summed E-state index contributed by atoms with van der Waals surface area (Å²) in [5, 5.41) is 2.23. The zero-order chi connectivity index (χ0) is 18.5. The van der Waals surface area contributed by atoms with E-state index in [1.54, 1.807) is 0 Å². The lowest BCUT2D eigenvalue weighted by atomic mass is 10.4. The Balaban J connectivity index is 2.59. The van der Waals surface area contributed by atoms with Crippen LogP contribution in [-0.2, 0) is 13.0 Å². The van der Waals surface area contributed by atoms with Crippen LogP contribution in [0.3, 0.4) is 0 Å². The lowest BCUT2D eigenvalue weighted by Crippen LogP contribution is -2.68. The molecule has 136 valence electrons.